The quantitative estimate of drug-likeness (QED) is 0.267. The van der Waals surface area contributed by atoms with Crippen LogP contribution in [0.15, 0.2) is 79.0 Å². The van der Waals surface area contributed by atoms with Gasteiger partial charge in [-0.15, -0.1) is 0 Å². The van der Waals surface area contributed by atoms with Gasteiger partial charge in [0.1, 0.15) is 6.54 Å². The van der Waals surface area contributed by atoms with Crippen LogP contribution in [0, 0.1) is 0 Å². The summed E-state index contributed by atoms with van der Waals surface area (Å²) in [6, 6.07) is 21.7. The van der Waals surface area contributed by atoms with Crippen LogP contribution in [0.2, 0.25) is 5.02 Å². The first-order valence-corrected chi connectivity index (χ1v) is 14.3. The minimum Gasteiger partial charge on any atom is -0.493 e. The second-order valence-corrected chi connectivity index (χ2v) is 10.4. The maximum absolute atomic E-state index is 13.6. The largest absolute Gasteiger partial charge is 0.493 e. The van der Waals surface area contributed by atoms with Crippen LogP contribution in [0.3, 0.4) is 0 Å². The molecular weight excluding hydrogens is 570 g/mol. The molecule has 0 spiro atoms. The van der Waals surface area contributed by atoms with Crippen LogP contribution in [0.5, 0.6) is 11.5 Å². The maximum Gasteiger partial charge on any atom is 0.254 e. The van der Waals surface area contributed by atoms with Crippen LogP contribution in [0.25, 0.3) is 16.9 Å². The number of morpholine rings is 1. The first-order valence-electron chi connectivity index (χ1n) is 14.0. The number of carbonyl (C=O) groups excluding carboxylic acids is 2. The Bertz CT molecular complexity index is 1540. The van der Waals surface area contributed by atoms with Gasteiger partial charge >= 0.3 is 0 Å². The fourth-order valence-corrected chi connectivity index (χ4v) is 4.97. The first-order chi connectivity index (χ1) is 20.9. The summed E-state index contributed by atoms with van der Waals surface area (Å²) in [6.07, 6.45) is 1.82. The number of ether oxygens (including phenoxy) is 3. The Hall–Kier alpha value is -4.38. The van der Waals surface area contributed by atoms with Crippen molar-refractivity contribution in [1.29, 1.82) is 0 Å². The molecule has 0 atom stereocenters. The minimum atomic E-state index is -0.374. The summed E-state index contributed by atoms with van der Waals surface area (Å²) >= 11 is 6.11. The second kappa shape index (κ2) is 14.2. The lowest BCUT2D eigenvalue weighted by Crippen LogP contribution is -2.45. The molecule has 3 aromatic carbocycles. The molecule has 5 rings (SSSR count). The molecule has 1 aliphatic rings. The molecule has 1 N–H and O–H groups in total. The third-order valence-electron chi connectivity index (χ3n) is 7.17. The number of hydrogen-bond acceptors (Lipinski definition) is 7. The lowest BCUT2D eigenvalue weighted by atomic mass is 10.2. The Kier molecular flexibility index (Phi) is 9.93. The van der Waals surface area contributed by atoms with Crippen molar-refractivity contribution in [2.45, 2.75) is 0 Å². The highest BCUT2D eigenvalue weighted by atomic mass is 35.5. The third-order valence-corrected chi connectivity index (χ3v) is 7.43. The normalized spacial score (nSPS) is 13.4. The molecule has 224 valence electrons. The van der Waals surface area contributed by atoms with Crippen molar-refractivity contribution in [3.05, 3.63) is 89.6 Å². The summed E-state index contributed by atoms with van der Waals surface area (Å²) < 4.78 is 18.1. The van der Waals surface area contributed by atoms with Crippen molar-refractivity contribution in [3.63, 3.8) is 0 Å². The van der Waals surface area contributed by atoms with E-state index in [-0.39, 0.29) is 18.4 Å². The van der Waals surface area contributed by atoms with Gasteiger partial charge in [-0.1, -0.05) is 41.9 Å². The Labute approximate surface area is 255 Å². The van der Waals surface area contributed by atoms with E-state index in [0.29, 0.717) is 65.7 Å². The van der Waals surface area contributed by atoms with Crippen molar-refractivity contribution >= 4 is 29.4 Å². The van der Waals surface area contributed by atoms with E-state index in [1.165, 1.54) is 0 Å². The Morgan fingerprint density at radius 3 is 2.40 bits per heavy atom. The van der Waals surface area contributed by atoms with Gasteiger partial charge in [-0.25, -0.2) is 4.98 Å². The topological polar surface area (TPSA) is 98.2 Å². The van der Waals surface area contributed by atoms with E-state index in [9.17, 15) is 9.59 Å². The van der Waals surface area contributed by atoms with Crippen LogP contribution in [0.4, 0.5) is 5.95 Å². The van der Waals surface area contributed by atoms with Gasteiger partial charge in [0.25, 0.3) is 5.91 Å². The van der Waals surface area contributed by atoms with Gasteiger partial charge in [0, 0.05) is 54.6 Å². The van der Waals surface area contributed by atoms with Gasteiger partial charge < -0.3 is 19.1 Å². The van der Waals surface area contributed by atoms with Crippen LogP contribution in [0.1, 0.15) is 10.4 Å². The number of halogens is 1. The van der Waals surface area contributed by atoms with E-state index in [0.717, 1.165) is 18.7 Å². The zero-order valence-corrected chi connectivity index (χ0v) is 24.9. The lowest BCUT2D eigenvalue weighted by Gasteiger charge is -2.30. The van der Waals surface area contributed by atoms with E-state index >= 15 is 0 Å². The van der Waals surface area contributed by atoms with E-state index in [2.05, 4.69) is 10.2 Å². The molecule has 1 fully saturated rings. The summed E-state index contributed by atoms with van der Waals surface area (Å²) in [5, 5.41) is 3.55. The van der Waals surface area contributed by atoms with Gasteiger partial charge in [0.2, 0.25) is 11.9 Å². The average molecular weight is 604 g/mol. The van der Waals surface area contributed by atoms with Crippen LogP contribution in [-0.4, -0.2) is 91.3 Å². The molecule has 2 heterocycles. The predicted octanol–water partition coefficient (Wildman–Crippen LogP) is 4.62. The summed E-state index contributed by atoms with van der Waals surface area (Å²) in [7, 11) is 3.13. The number of methoxy groups -OCH3 is 2. The standard InChI is InChI=1S/C32H34ClN5O5/c1-41-28-13-12-26(20-29(28)42-2)38-21-27(23-8-10-25(33)11-9-23)34-32(38)35-30(39)22-37(15-14-36-16-18-43-19-17-36)31(40)24-6-4-3-5-7-24/h3-13,20-21H,14-19,22H2,1-2H3,(H,34,35,39). The van der Waals surface area contributed by atoms with Crippen molar-refractivity contribution in [2.24, 2.45) is 0 Å². The summed E-state index contributed by atoms with van der Waals surface area (Å²) in [6.45, 7) is 3.76. The van der Waals surface area contributed by atoms with Crippen LogP contribution < -0.4 is 14.8 Å². The van der Waals surface area contributed by atoms with Gasteiger partial charge in [-0.3, -0.25) is 24.4 Å². The number of amides is 2. The summed E-state index contributed by atoms with van der Waals surface area (Å²) in [5.74, 6) is 0.810. The van der Waals surface area contributed by atoms with E-state index in [1.807, 2.05) is 42.6 Å². The van der Waals surface area contributed by atoms with E-state index in [1.54, 1.807) is 60.1 Å². The molecule has 11 heteroatoms. The van der Waals surface area contributed by atoms with E-state index in [4.69, 9.17) is 30.8 Å². The van der Waals surface area contributed by atoms with Crippen molar-refractivity contribution in [2.75, 3.05) is 65.5 Å². The number of rotatable bonds is 11. The van der Waals surface area contributed by atoms with Crippen molar-refractivity contribution in [3.8, 4) is 28.4 Å². The molecule has 0 saturated carbocycles. The summed E-state index contributed by atoms with van der Waals surface area (Å²) in [4.78, 5) is 35.6. The minimum absolute atomic E-state index is 0.146. The molecule has 1 aromatic heterocycles. The van der Waals surface area contributed by atoms with Crippen molar-refractivity contribution < 1.29 is 23.8 Å². The van der Waals surface area contributed by atoms with Gasteiger partial charge in [0.15, 0.2) is 11.5 Å². The molecule has 1 aliphatic heterocycles. The molecule has 4 aromatic rings. The van der Waals surface area contributed by atoms with Gasteiger partial charge in [-0.05, 0) is 36.4 Å². The van der Waals surface area contributed by atoms with Gasteiger partial charge in [-0.2, -0.15) is 0 Å². The Morgan fingerprint density at radius 1 is 0.977 bits per heavy atom. The Morgan fingerprint density at radius 2 is 1.70 bits per heavy atom. The molecule has 1 saturated heterocycles. The molecule has 2 amide bonds. The zero-order chi connectivity index (χ0) is 30.2. The fraction of sp³-hybridized carbons (Fsp3) is 0.281. The molecule has 0 bridgehead atoms. The van der Waals surface area contributed by atoms with Gasteiger partial charge in [0.05, 0.1) is 38.8 Å². The highest BCUT2D eigenvalue weighted by molar-refractivity contribution is 6.30. The van der Waals surface area contributed by atoms with Crippen molar-refractivity contribution in [1.82, 2.24) is 19.4 Å². The first kappa shape index (κ1) is 30.1. The predicted molar refractivity (Wildman–Crippen MR) is 165 cm³/mol. The summed E-state index contributed by atoms with van der Waals surface area (Å²) in [5.41, 5.74) is 2.68. The smallest absolute Gasteiger partial charge is 0.254 e. The molecule has 0 radical (unpaired) electrons. The maximum atomic E-state index is 13.6. The second-order valence-electron chi connectivity index (χ2n) is 9.96. The SMILES string of the molecule is COc1ccc(-n2cc(-c3ccc(Cl)cc3)nc2NC(=O)CN(CCN2CCOCC2)C(=O)c2ccccc2)cc1OC. The number of benzene rings is 3. The zero-order valence-electron chi connectivity index (χ0n) is 24.2. The highest BCUT2D eigenvalue weighted by Gasteiger charge is 2.22. The number of anilines is 1. The highest BCUT2D eigenvalue weighted by Crippen LogP contribution is 2.32. The number of carbonyl (C=O) groups is 2. The Balaban J connectivity index is 1.42. The van der Waals surface area contributed by atoms with E-state index < -0.39 is 0 Å². The number of nitrogens with one attached hydrogen (secondary N) is 1. The third kappa shape index (κ3) is 7.53. The molecule has 10 nitrogen and oxygen atoms in total. The van der Waals surface area contributed by atoms with Crippen LogP contribution >= 0.6 is 11.6 Å². The number of aromatic nitrogens is 2. The molecule has 0 aliphatic carbocycles. The lowest BCUT2D eigenvalue weighted by molar-refractivity contribution is -0.117. The average Bonchev–Trinajstić information content (AvgIpc) is 3.46. The fourth-order valence-electron chi connectivity index (χ4n) is 4.84. The molecular formula is C32H34ClN5O5. The molecule has 43 heavy (non-hydrogen) atoms. The number of imidazole rings is 1. The van der Waals surface area contributed by atoms with Crippen LogP contribution in [-0.2, 0) is 9.53 Å². The number of nitrogens with zero attached hydrogens (tertiary/aromatic N) is 4. The number of hydrogen-bond donors (Lipinski definition) is 1. The molecule has 0 unspecified atom stereocenters. The monoisotopic (exact) mass is 603 g/mol.